The summed E-state index contributed by atoms with van der Waals surface area (Å²) in [5.74, 6) is 0. The van der Waals surface area contributed by atoms with Crippen molar-refractivity contribution in [1.82, 2.24) is 5.32 Å². The van der Waals surface area contributed by atoms with E-state index in [2.05, 4.69) is 19.2 Å². The van der Waals surface area contributed by atoms with E-state index in [0.717, 1.165) is 6.61 Å². The zero-order valence-corrected chi connectivity index (χ0v) is 6.48. The van der Waals surface area contributed by atoms with Crippen LogP contribution in [0.3, 0.4) is 0 Å². The molecule has 0 bridgehead atoms. The van der Waals surface area contributed by atoms with Crippen molar-refractivity contribution in [2.24, 2.45) is 0 Å². The molecule has 2 unspecified atom stereocenters. The Kier molecular flexibility index (Phi) is 1.24. The van der Waals surface area contributed by atoms with Crippen LogP contribution in [0.15, 0.2) is 11.3 Å². The maximum absolute atomic E-state index is 5.54. The monoisotopic (exact) mass is 139 g/mol. The van der Waals surface area contributed by atoms with Gasteiger partial charge in [-0.2, -0.15) is 0 Å². The highest BCUT2D eigenvalue weighted by Gasteiger charge is 2.34. The summed E-state index contributed by atoms with van der Waals surface area (Å²) in [5.41, 5.74) is 2.71. The highest BCUT2D eigenvalue weighted by atomic mass is 16.5. The highest BCUT2D eigenvalue weighted by Crippen LogP contribution is 2.28. The number of rotatable bonds is 0. The van der Waals surface area contributed by atoms with Gasteiger partial charge in [0.2, 0.25) is 0 Å². The van der Waals surface area contributed by atoms with Gasteiger partial charge in [-0.15, -0.1) is 0 Å². The molecule has 0 aliphatic carbocycles. The van der Waals surface area contributed by atoms with Gasteiger partial charge in [0.25, 0.3) is 0 Å². The van der Waals surface area contributed by atoms with E-state index < -0.39 is 0 Å². The van der Waals surface area contributed by atoms with Gasteiger partial charge < -0.3 is 10.1 Å². The fourth-order valence-electron chi connectivity index (χ4n) is 1.77. The van der Waals surface area contributed by atoms with Crippen molar-refractivity contribution < 1.29 is 4.74 Å². The molecule has 0 radical (unpaired) electrons. The first-order valence-corrected chi connectivity index (χ1v) is 3.84. The number of fused-ring (bicyclic) bond motifs is 1. The van der Waals surface area contributed by atoms with Crippen molar-refractivity contribution in [1.29, 1.82) is 0 Å². The van der Waals surface area contributed by atoms with Crippen molar-refractivity contribution in [3.05, 3.63) is 11.3 Å². The van der Waals surface area contributed by atoms with Gasteiger partial charge in [0, 0.05) is 12.3 Å². The Balaban J connectivity index is 2.22. The molecule has 1 saturated heterocycles. The molecule has 1 fully saturated rings. The molecule has 2 heterocycles. The lowest BCUT2D eigenvalue weighted by atomic mass is 10.1. The molecule has 0 spiro atoms. The molecular weight excluding hydrogens is 126 g/mol. The predicted molar refractivity (Wildman–Crippen MR) is 39.7 cm³/mol. The molecule has 0 saturated carbocycles. The molecule has 56 valence electrons. The fourth-order valence-corrected chi connectivity index (χ4v) is 1.77. The van der Waals surface area contributed by atoms with Crippen molar-refractivity contribution in [3.63, 3.8) is 0 Å². The Morgan fingerprint density at radius 1 is 1.50 bits per heavy atom. The molecule has 2 rings (SSSR count). The Bertz CT molecular complexity index is 186. The van der Waals surface area contributed by atoms with Crippen LogP contribution >= 0.6 is 0 Å². The maximum Gasteiger partial charge on any atom is 0.100 e. The summed E-state index contributed by atoms with van der Waals surface area (Å²) < 4.78 is 5.54. The molecule has 0 aromatic carbocycles. The van der Waals surface area contributed by atoms with Gasteiger partial charge in [-0.1, -0.05) is 0 Å². The van der Waals surface area contributed by atoms with Crippen LogP contribution in [-0.2, 0) is 4.74 Å². The van der Waals surface area contributed by atoms with Crippen LogP contribution in [0, 0.1) is 0 Å². The summed E-state index contributed by atoms with van der Waals surface area (Å²) >= 11 is 0. The second kappa shape index (κ2) is 1.99. The summed E-state index contributed by atoms with van der Waals surface area (Å²) in [4.78, 5) is 0. The first-order valence-electron chi connectivity index (χ1n) is 3.84. The van der Waals surface area contributed by atoms with Gasteiger partial charge in [0.05, 0.1) is 6.04 Å². The number of hydrogen-bond acceptors (Lipinski definition) is 2. The average Bonchev–Trinajstić information content (AvgIpc) is 2.41. The molecule has 10 heavy (non-hydrogen) atoms. The Morgan fingerprint density at radius 2 is 2.30 bits per heavy atom. The normalized spacial score (nSPS) is 38.2. The number of ether oxygens (including phenoxy) is 1. The first kappa shape index (κ1) is 6.23. The van der Waals surface area contributed by atoms with E-state index in [1.54, 1.807) is 0 Å². The standard InChI is InChI=1S/C8H13NO/c1-5-6(2)9-7-3-4-10-8(5)7/h7-9H,3-4H2,1-2H3. The number of allylic oxidation sites excluding steroid dienone is 1. The topological polar surface area (TPSA) is 21.3 Å². The molecule has 2 nitrogen and oxygen atoms in total. The van der Waals surface area contributed by atoms with Crippen LogP contribution in [0.4, 0.5) is 0 Å². The summed E-state index contributed by atoms with van der Waals surface area (Å²) in [7, 11) is 0. The second-order valence-electron chi connectivity index (χ2n) is 3.14. The lowest BCUT2D eigenvalue weighted by molar-refractivity contribution is 0.134. The summed E-state index contributed by atoms with van der Waals surface area (Å²) in [6.45, 7) is 5.20. The van der Waals surface area contributed by atoms with Crippen LogP contribution in [-0.4, -0.2) is 18.8 Å². The Labute approximate surface area is 61.3 Å². The third-order valence-electron chi connectivity index (χ3n) is 2.51. The van der Waals surface area contributed by atoms with E-state index in [4.69, 9.17) is 4.74 Å². The predicted octanol–water partition coefficient (Wildman–Crippen LogP) is 1.04. The average molecular weight is 139 g/mol. The van der Waals surface area contributed by atoms with Crippen LogP contribution in [0.2, 0.25) is 0 Å². The Hall–Kier alpha value is -0.500. The van der Waals surface area contributed by atoms with Gasteiger partial charge in [-0.3, -0.25) is 0 Å². The minimum Gasteiger partial charge on any atom is -0.383 e. The minimum atomic E-state index is 0.389. The van der Waals surface area contributed by atoms with Crippen molar-refractivity contribution >= 4 is 0 Å². The zero-order chi connectivity index (χ0) is 7.14. The maximum atomic E-state index is 5.54. The largest absolute Gasteiger partial charge is 0.383 e. The van der Waals surface area contributed by atoms with E-state index in [1.807, 2.05) is 0 Å². The molecule has 0 aromatic rings. The van der Waals surface area contributed by atoms with Gasteiger partial charge in [0.1, 0.15) is 6.10 Å². The van der Waals surface area contributed by atoms with E-state index in [-0.39, 0.29) is 0 Å². The van der Waals surface area contributed by atoms with Gasteiger partial charge >= 0.3 is 0 Å². The SMILES string of the molecule is CC1=C(C)C2OCCC2N1. The molecule has 1 N–H and O–H groups in total. The van der Waals surface area contributed by atoms with E-state index in [9.17, 15) is 0 Å². The summed E-state index contributed by atoms with van der Waals surface area (Å²) in [5, 5.41) is 3.42. The third kappa shape index (κ3) is 0.686. The minimum absolute atomic E-state index is 0.389. The molecule has 0 aromatic heterocycles. The molecule has 0 amide bonds. The van der Waals surface area contributed by atoms with Gasteiger partial charge in [-0.05, 0) is 25.8 Å². The third-order valence-corrected chi connectivity index (χ3v) is 2.51. The quantitative estimate of drug-likeness (QED) is 0.541. The highest BCUT2D eigenvalue weighted by molar-refractivity contribution is 5.24. The smallest absolute Gasteiger partial charge is 0.100 e. The van der Waals surface area contributed by atoms with E-state index >= 15 is 0 Å². The fraction of sp³-hybridized carbons (Fsp3) is 0.750. The zero-order valence-electron chi connectivity index (χ0n) is 6.48. The summed E-state index contributed by atoms with van der Waals surface area (Å²) in [6.07, 6.45) is 1.55. The molecule has 2 atom stereocenters. The number of nitrogens with one attached hydrogen (secondary N) is 1. The van der Waals surface area contributed by atoms with Crippen LogP contribution in [0.25, 0.3) is 0 Å². The second-order valence-corrected chi connectivity index (χ2v) is 3.14. The van der Waals surface area contributed by atoms with Crippen LogP contribution in [0.1, 0.15) is 20.3 Å². The lowest BCUT2D eigenvalue weighted by Gasteiger charge is -2.08. The van der Waals surface area contributed by atoms with Crippen LogP contribution in [0.5, 0.6) is 0 Å². The van der Waals surface area contributed by atoms with Gasteiger partial charge in [0.15, 0.2) is 0 Å². The van der Waals surface area contributed by atoms with Crippen molar-refractivity contribution in [2.75, 3.05) is 6.61 Å². The van der Waals surface area contributed by atoms with E-state index in [0.29, 0.717) is 12.1 Å². The molecule has 2 aliphatic heterocycles. The summed E-state index contributed by atoms with van der Waals surface area (Å²) in [6, 6.07) is 0.583. The van der Waals surface area contributed by atoms with Gasteiger partial charge in [-0.25, -0.2) is 0 Å². The van der Waals surface area contributed by atoms with E-state index in [1.165, 1.54) is 17.7 Å². The molecule has 2 heteroatoms. The lowest BCUT2D eigenvalue weighted by Crippen LogP contribution is -2.27. The molecular formula is C8H13NO. The van der Waals surface area contributed by atoms with Crippen LogP contribution < -0.4 is 5.32 Å². The number of hydrogen-bond donors (Lipinski definition) is 1. The van der Waals surface area contributed by atoms with Crippen molar-refractivity contribution in [2.45, 2.75) is 32.4 Å². The van der Waals surface area contributed by atoms with Crippen molar-refractivity contribution in [3.8, 4) is 0 Å². The molecule has 2 aliphatic rings. The Morgan fingerprint density at radius 3 is 3.00 bits per heavy atom. The first-order chi connectivity index (χ1) is 4.79.